The molecule has 0 bridgehead atoms. The first-order chi connectivity index (χ1) is 11.1. The second-order valence-corrected chi connectivity index (χ2v) is 7.02. The molecule has 1 aliphatic heterocycles. The largest absolute Gasteiger partial charge is 0.456 e. The first-order valence-electron chi connectivity index (χ1n) is 7.40. The second kappa shape index (κ2) is 6.93. The average Bonchev–Trinajstić information content (AvgIpc) is 3.28. The molecule has 1 aromatic carbocycles. The summed E-state index contributed by atoms with van der Waals surface area (Å²) in [5, 5.41) is 0.329. The van der Waals surface area contributed by atoms with Gasteiger partial charge in [-0.25, -0.2) is 4.79 Å². The van der Waals surface area contributed by atoms with Crippen molar-refractivity contribution in [3.8, 4) is 0 Å². The minimum Gasteiger partial charge on any atom is -0.456 e. The van der Waals surface area contributed by atoms with Crippen molar-refractivity contribution in [2.45, 2.75) is 18.9 Å². The molecule has 0 radical (unpaired) electrons. The summed E-state index contributed by atoms with van der Waals surface area (Å²) in [4.78, 5) is 38.0. The Morgan fingerprint density at radius 2 is 2.00 bits per heavy atom. The van der Waals surface area contributed by atoms with Crippen LogP contribution in [-0.2, 0) is 14.3 Å². The first-order valence-corrected chi connectivity index (χ1v) is 8.94. The zero-order valence-electron chi connectivity index (χ0n) is 12.4. The number of ketones is 1. The van der Waals surface area contributed by atoms with Gasteiger partial charge in [-0.1, -0.05) is 23.7 Å². The molecule has 0 spiro atoms. The molecule has 1 aliphatic carbocycles. The van der Waals surface area contributed by atoms with Gasteiger partial charge in [-0.3, -0.25) is 9.59 Å². The second-order valence-electron chi connectivity index (χ2n) is 5.61. The third kappa shape index (κ3) is 3.70. The number of carbonyl (C=O) groups is 3. The molecule has 5 nitrogen and oxygen atoms in total. The Bertz CT molecular complexity index is 647. The van der Waals surface area contributed by atoms with Crippen LogP contribution in [0.1, 0.15) is 23.2 Å². The van der Waals surface area contributed by atoms with Gasteiger partial charge in [-0.05, 0) is 25.0 Å². The van der Waals surface area contributed by atoms with Crippen LogP contribution < -0.4 is 0 Å². The summed E-state index contributed by atoms with van der Waals surface area (Å²) >= 11 is 7.47. The highest BCUT2D eigenvalue weighted by atomic mass is 35.5. The molecule has 122 valence electrons. The fraction of sp³-hybridized carbons (Fsp3) is 0.438. The maximum atomic E-state index is 12.2. The van der Waals surface area contributed by atoms with Crippen molar-refractivity contribution in [1.82, 2.24) is 4.90 Å². The lowest BCUT2D eigenvalue weighted by Gasteiger charge is -2.22. The van der Waals surface area contributed by atoms with Crippen LogP contribution in [-0.4, -0.2) is 46.8 Å². The van der Waals surface area contributed by atoms with Gasteiger partial charge in [0.1, 0.15) is 6.04 Å². The molecular formula is C16H16ClNO4S. The highest BCUT2D eigenvalue weighted by Gasteiger charge is 2.42. The molecule has 3 rings (SSSR count). The maximum Gasteiger partial charge on any atom is 0.330 e. The Labute approximate surface area is 143 Å². The molecule has 1 unspecified atom stereocenters. The summed E-state index contributed by atoms with van der Waals surface area (Å²) in [6, 6.07) is 6.03. The SMILES string of the molecule is O=C(COC(=O)C1CSCN1C(=O)C1CC1)c1ccccc1Cl. The van der Waals surface area contributed by atoms with Crippen molar-refractivity contribution in [2.24, 2.45) is 5.92 Å². The fourth-order valence-electron chi connectivity index (χ4n) is 2.42. The summed E-state index contributed by atoms with van der Waals surface area (Å²) in [7, 11) is 0. The number of carbonyl (C=O) groups excluding carboxylic acids is 3. The summed E-state index contributed by atoms with van der Waals surface area (Å²) < 4.78 is 5.12. The topological polar surface area (TPSA) is 63.7 Å². The van der Waals surface area contributed by atoms with E-state index in [-0.39, 0.29) is 24.2 Å². The van der Waals surface area contributed by atoms with Crippen LogP contribution in [0.15, 0.2) is 24.3 Å². The molecule has 1 saturated heterocycles. The third-order valence-corrected chi connectivity index (χ3v) is 5.23. The van der Waals surface area contributed by atoms with E-state index in [1.807, 2.05) is 0 Å². The lowest BCUT2D eigenvalue weighted by molar-refractivity contribution is -0.152. The zero-order valence-corrected chi connectivity index (χ0v) is 13.9. The summed E-state index contributed by atoms with van der Waals surface area (Å²) in [6.07, 6.45) is 1.79. The standard InChI is InChI=1S/C16H16ClNO4S/c17-12-4-2-1-3-11(12)14(19)7-22-16(21)13-8-23-9-18(13)15(20)10-5-6-10/h1-4,10,13H,5-9H2. The van der Waals surface area contributed by atoms with Gasteiger partial charge >= 0.3 is 5.97 Å². The van der Waals surface area contributed by atoms with Crippen molar-refractivity contribution in [3.05, 3.63) is 34.9 Å². The van der Waals surface area contributed by atoms with Crippen molar-refractivity contribution < 1.29 is 19.1 Å². The number of halogens is 1. The zero-order chi connectivity index (χ0) is 16.4. The van der Waals surface area contributed by atoms with Gasteiger partial charge < -0.3 is 9.64 Å². The van der Waals surface area contributed by atoms with Gasteiger partial charge in [0.25, 0.3) is 0 Å². The van der Waals surface area contributed by atoms with Gasteiger partial charge in [-0.15, -0.1) is 11.8 Å². The van der Waals surface area contributed by atoms with E-state index in [0.717, 1.165) is 12.8 Å². The van der Waals surface area contributed by atoms with Gasteiger partial charge in [0.2, 0.25) is 11.7 Å². The van der Waals surface area contributed by atoms with E-state index in [1.54, 1.807) is 29.2 Å². The number of hydrogen-bond acceptors (Lipinski definition) is 5. The van der Waals surface area contributed by atoms with E-state index in [2.05, 4.69) is 0 Å². The minimum absolute atomic E-state index is 0.0226. The normalized spacial score (nSPS) is 20.4. The Kier molecular flexibility index (Phi) is 4.92. The van der Waals surface area contributed by atoms with Gasteiger partial charge in [0, 0.05) is 17.2 Å². The molecule has 2 aliphatic rings. The van der Waals surface area contributed by atoms with Crippen LogP contribution in [0.5, 0.6) is 0 Å². The molecule has 23 heavy (non-hydrogen) atoms. The average molecular weight is 354 g/mol. The van der Waals surface area contributed by atoms with Crippen molar-refractivity contribution >= 4 is 41.0 Å². The van der Waals surface area contributed by atoms with E-state index < -0.39 is 12.0 Å². The summed E-state index contributed by atoms with van der Waals surface area (Å²) in [5.74, 6) is 0.229. The van der Waals surface area contributed by atoms with Gasteiger partial charge in [-0.2, -0.15) is 0 Å². The highest BCUT2D eigenvalue weighted by Crippen LogP contribution is 2.34. The molecule has 0 aromatic heterocycles. The number of benzene rings is 1. The lowest BCUT2D eigenvalue weighted by atomic mass is 10.1. The van der Waals surface area contributed by atoms with E-state index in [1.165, 1.54) is 11.8 Å². The molecule has 1 heterocycles. The van der Waals surface area contributed by atoms with Crippen LogP contribution >= 0.6 is 23.4 Å². The van der Waals surface area contributed by atoms with Crippen LogP contribution in [0.25, 0.3) is 0 Å². The van der Waals surface area contributed by atoms with Gasteiger partial charge in [0.05, 0.1) is 10.9 Å². The molecule has 2 fully saturated rings. The minimum atomic E-state index is -0.591. The van der Waals surface area contributed by atoms with E-state index in [4.69, 9.17) is 16.3 Å². The summed E-state index contributed by atoms with van der Waals surface area (Å²) in [6.45, 7) is -0.366. The Hall–Kier alpha value is -1.53. The van der Waals surface area contributed by atoms with E-state index in [9.17, 15) is 14.4 Å². The molecule has 1 atom stereocenters. The van der Waals surface area contributed by atoms with Crippen molar-refractivity contribution in [1.29, 1.82) is 0 Å². The van der Waals surface area contributed by atoms with Gasteiger partial charge in [0.15, 0.2) is 6.61 Å². The highest BCUT2D eigenvalue weighted by molar-refractivity contribution is 7.99. The lowest BCUT2D eigenvalue weighted by Crippen LogP contribution is -2.43. The smallest absolute Gasteiger partial charge is 0.330 e. The third-order valence-electron chi connectivity index (χ3n) is 3.88. The van der Waals surface area contributed by atoms with Crippen LogP contribution in [0.3, 0.4) is 0 Å². The molecule has 1 amide bonds. The van der Waals surface area contributed by atoms with Crippen LogP contribution in [0.4, 0.5) is 0 Å². The van der Waals surface area contributed by atoms with E-state index >= 15 is 0 Å². The predicted octanol–water partition coefficient (Wildman–Crippen LogP) is 2.38. The quantitative estimate of drug-likeness (QED) is 0.600. The van der Waals surface area contributed by atoms with Crippen LogP contribution in [0, 0.1) is 5.92 Å². The number of ether oxygens (including phenoxy) is 1. The molecular weight excluding hydrogens is 338 g/mol. The maximum absolute atomic E-state index is 12.2. The molecule has 1 saturated carbocycles. The molecule has 1 aromatic rings. The first kappa shape index (κ1) is 16.3. The number of Topliss-reactive ketones (excluding diaryl/α,β-unsaturated/α-hetero) is 1. The Balaban J connectivity index is 1.57. The Morgan fingerprint density at radius 1 is 1.26 bits per heavy atom. The predicted molar refractivity (Wildman–Crippen MR) is 87.4 cm³/mol. The van der Waals surface area contributed by atoms with Crippen molar-refractivity contribution in [3.63, 3.8) is 0 Å². The number of hydrogen-bond donors (Lipinski definition) is 0. The monoisotopic (exact) mass is 353 g/mol. The molecule has 7 heteroatoms. The number of esters is 1. The number of rotatable bonds is 5. The Morgan fingerprint density at radius 3 is 2.70 bits per heavy atom. The van der Waals surface area contributed by atoms with E-state index in [0.29, 0.717) is 22.2 Å². The fourth-order valence-corrected chi connectivity index (χ4v) is 3.81. The molecule has 0 N–H and O–H groups in total. The van der Waals surface area contributed by atoms with Crippen molar-refractivity contribution in [2.75, 3.05) is 18.2 Å². The number of amides is 1. The number of thioether (sulfide) groups is 1. The van der Waals surface area contributed by atoms with Crippen LogP contribution in [0.2, 0.25) is 5.02 Å². The summed E-state index contributed by atoms with van der Waals surface area (Å²) in [5.41, 5.74) is 0.327. The number of nitrogens with zero attached hydrogens (tertiary/aromatic N) is 1.